The molecule has 5 heteroatoms. The quantitative estimate of drug-likeness (QED) is 0.805. The van der Waals surface area contributed by atoms with E-state index in [2.05, 4.69) is 5.32 Å². The van der Waals surface area contributed by atoms with E-state index < -0.39 is 17.3 Å². The number of benzene rings is 1. The number of amides is 1. The Labute approximate surface area is 104 Å². The van der Waals surface area contributed by atoms with Crippen molar-refractivity contribution in [1.29, 1.82) is 0 Å². The molecule has 1 saturated carbocycles. The molecule has 1 fully saturated rings. The van der Waals surface area contributed by atoms with Crippen molar-refractivity contribution in [3.05, 3.63) is 34.9 Å². The Kier molecular flexibility index (Phi) is 3.07. The van der Waals surface area contributed by atoms with E-state index in [1.165, 1.54) is 0 Å². The average Bonchev–Trinajstić information content (AvgIpc) is 3.07. The van der Waals surface area contributed by atoms with Crippen LogP contribution in [0.1, 0.15) is 18.4 Å². The van der Waals surface area contributed by atoms with Gasteiger partial charge in [-0.15, -0.1) is 0 Å². The normalized spacial score (nSPS) is 16.3. The molecule has 1 aliphatic rings. The van der Waals surface area contributed by atoms with Gasteiger partial charge in [-0.25, -0.2) is 0 Å². The van der Waals surface area contributed by atoms with Crippen LogP contribution in [-0.4, -0.2) is 17.0 Å². The standard InChI is InChI=1S/C12H12ClNO3/c13-9-3-1-2-8(6-9)7-14-10(15)12(4-5-12)11(16)17/h1-3,6H,4-5,7H2,(H,14,15)(H,16,17). The van der Waals surface area contributed by atoms with Gasteiger partial charge >= 0.3 is 5.97 Å². The fourth-order valence-corrected chi connectivity index (χ4v) is 1.87. The van der Waals surface area contributed by atoms with Crippen LogP contribution in [-0.2, 0) is 16.1 Å². The molecule has 90 valence electrons. The monoisotopic (exact) mass is 253 g/mol. The fourth-order valence-electron chi connectivity index (χ4n) is 1.66. The van der Waals surface area contributed by atoms with E-state index in [1.807, 2.05) is 6.07 Å². The van der Waals surface area contributed by atoms with Crippen LogP contribution >= 0.6 is 11.6 Å². The maximum Gasteiger partial charge on any atom is 0.319 e. The van der Waals surface area contributed by atoms with Crippen molar-refractivity contribution in [3.8, 4) is 0 Å². The molecular weight excluding hydrogens is 242 g/mol. The van der Waals surface area contributed by atoms with Gasteiger partial charge in [-0.3, -0.25) is 9.59 Å². The lowest BCUT2D eigenvalue weighted by Gasteiger charge is -2.10. The van der Waals surface area contributed by atoms with Crippen LogP contribution in [0, 0.1) is 5.41 Å². The number of nitrogens with one attached hydrogen (secondary N) is 1. The molecule has 17 heavy (non-hydrogen) atoms. The Bertz CT molecular complexity index is 469. The molecule has 1 amide bonds. The van der Waals surface area contributed by atoms with Gasteiger partial charge in [0.15, 0.2) is 0 Å². The molecule has 2 N–H and O–H groups in total. The topological polar surface area (TPSA) is 66.4 Å². The number of carbonyl (C=O) groups is 2. The third kappa shape index (κ3) is 2.42. The first-order chi connectivity index (χ1) is 8.04. The maximum atomic E-state index is 11.7. The van der Waals surface area contributed by atoms with Gasteiger partial charge < -0.3 is 10.4 Å². The smallest absolute Gasteiger partial charge is 0.319 e. The fraction of sp³-hybridized carbons (Fsp3) is 0.333. The summed E-state index contributed by atoms with van der Waals surface area (Å²) in [5.74, 6) is -1.45. The van der Waals surface area contributed by atoms with Gasteiger partial charge in [-0.2, -0.15) is 0 Å². The van der Waals surface area contributed by atoms with E-state index in [0.29, 0.717) is 24.4 Å². The first-order valence-corrected chi connectivity index (χ1v) is 5.68. The van der Waals surface area contributed by atoms with E-state index >= 15 is 0 Å². The molecular formula is C12H12ClNO3. The highest BCUT2D eigenvalue weighted by Crippen LogP contribution is 2.46. The number of carboxylic acids is 1. The largest absolute Gasteiger partial charge is 0.480 e. The predicted molar refractivity (Wildman–Crippen MR) is 62.6 cm³/mol. The first-order valence-electron chi connectivity index (χ1n) is 5.31. The van der Waals surface area contributed by atoms with Gasteiger partial charge in [0, 0.05) is 11.6 Å². The lowest BCUT2D eigenvalue weighted by atomic mass is 10.1. The third-order valence-corrected chi connectivity index (χ3v) is 3.17. The third-order valence-electron chi connectivity index (χ3n) is 2.94. The maximum absolute atomic E-state index is 11.7. The van der Waals surface area contributed by atoms with E-state index in [4.69, 9.17) is 16.7 Å². The van der Waals surface area contributed by atoms with E-state index in [1.54, 1.807) is 18.2 Å². The number of hydrogen-bond donors (Lipinski definition) is 2. The lowest BCUT2D eigenvalue weighted by molar-refractivity contribution is -0.149. The van der Waals surface area contributed by atoms with Gasteiger partial charge in [0.25, 0.3) is 0 Å². The average molecular weight is 254 g/mol. The summed E-state index contributed by atoms with van der Waals surface area (Å²) in [6.45, 7) is 0.300. The zero-order valence-electron chi connectivity index (χ0n) is 9.07. The molecule has 4 nitrogen and oxygen atoms in total. The molecule has 0 unspecified atom stereocenters. The Morgan fingerprint density at radius 2 is 2.12 bits per heavy atom. The molecule has 0 aromatic heterocycles. The SMILES string of the molecule is O=C(O)C1(C(=O)NCc2cccc(Cl)c2)CC1. The second-order valence-electron chi connectivity index (χ2n) is 4.20. The summed E-state index contributed by atoms with van der Waals surface area (Å²) in [6.07, 6.45) is 0.841. The highest BCUT2D eigenvalue weighted by molar-refractivity contribution is 6.30. The van der Waals surface area contributed by atoms with Gasteiger partial charge in [0.05, 0.1) is 0 Å². The van der Waals surface area contributed by atoms with Crippen LogP contribution < -0.4 is 5.32 Å². The zero-order chi connectivity index (χ0) is 12.5. The highest BCUT2D eigenvalue weighted by atomic mass is 35.5. The number of carboxylic acid groups (broad SMARTS) is 1. The Hall–Kier alpha value is -1.55. The summed E-state index contributed by atoms with van der Waals surface area (Å²) in [7, 11) is 0. The van der Waals surface area contributed by atoms with Crippen LogP contribution in [0.25, 0.3) is 0 Å². The van der Waals surface area contributed by atoms with Crippen molar-refractivity contribution in [2.45, 2.75) is 19.4 Å². The summed E-state index contributed by atoms with van der Waals surface area (Å²) in [5, 5.41) is 12.2. The van der Waals surface area contributed by atoms with Crippen LogP contribution in [0.2, 0.25) is 5.02 Å². The molecule has 0 radical (unpaired) electrons. The van der Waals surface area contributed by atoms with Crippen LogP contribution in [0.3, 0.4) is 0 Å². The molecule has 1 aliphatic carbocycles. The summed E-state index contributed by atoms with van der Waals surface area (Å²) in [4.78, 5) is 22.6. The minimum absolute atomic E-state index is 0.300. The van der Waals surface area contributed by atoms with Crippen molar-refractivity contribution in [1.82, 2.24) is 5.32 Å². The predicted octanol–water partition coefficient (Wildman–Crippen LogP) is 1.82. The molecule has 0 saturated heterocycles. The second-order valence-corrected chi connectivity index (χ2v) is 4.64. The number of rotatable bonds is 4. The molecule has 0 heterocycles. The highest BCUT2D eigenvalue weighted by Gasteiger charge is 2.56. The Morgan fingerprint density at radius 1 is 1.41 bits per heavy atom. The van der Waals surface area contributed by atoms with Crippen molar-refractivity contribution in [2.75, 3.05) is 0 Å². The summed E-state index contributed by atoms with van der Waals surface area (Å²) in [6, 6.07) is 7.09. The van der Waals surface area contributed by atoms with Crippen LogP contribution in [0.5, 0.6) is 0 Å². The first kappa shape index (κ1) is 11.9. The number of hydrogen-bond acceptors (Lipinski definition) is 2. The molecule has 0 atom stereocenters. The molecule has 2 rings (SSSR count). The molecule has 1 aromatic carbocycles. The van der Waals surface area contributed by atoms with Crippen molar-refractivity contribution in [3.63, 3.8) is 0 Å². The zero-order valence-corrected chi connectivity index (χ0v) is 9.83. The van der Waals surface area contributed by atoms with Gasteiger partial charge in [-0.05, 0) is 30.5 Å². The Morgan fingerprint density at radius 3 is 2.65 bits per heavy atom. The van der Waals surface area contributed by atoms with Crippen LogP contribution in [0.15, 0.2) is 24.3 Å². The molecule has 0 spiro atoms. The second kappa shape index (κ2) is 4.37. The minimum Gasteiger partial charge on any atom is -0.480 e. The Balaban J connectivity index is 1.95. The number of halogens is 1. The van der Waals surface area contributed by atoms with E-state index in [-0.39, 0.29) is 0 Å². The summed E-state index contributed by atoms with van der Waals surface area (Å²) < 4.78 is 0. The minimum atomic E-state index is -1.18. The van der Waals surface area contributed by atoms with Crippen LogP contribution in [0.4, 0.5) is 0 Å². The van der Waals surface area contributed by atoms with Crippen molar-refractivity contribution >= 4 is 23.5 Å². The van der Waals surface area contributed by atoms with Gasteiger partial charge in [0.1, 0.15) is 5.41 Å². The lowest BCUT2D eigenvalue weighted by Crippen LogP contribution is -2.36. The van der Waals surface area contributed by atoms with Crippen molar-refractivity contribution in [2.24, 2.45) is 5.41 Å². The van der Waals surface area contributed by atoms with Crippen molar-refractivity contribution < 1.29 is 14.7 Å². The molecule has 0 aliphatic heterocycles. The van der Waals surface area contributed by atoms with Gasteiger partial charge in [0.2, 0.25) is 5.91 Å². The summed E-state index contributed by atoms with van der Waals surface area (Å²) in [5.41, 5.74) is -0.328. The van der Waals surface area contributed by atoms with Gasteiger partial charge in [-0.1, -0.05) is 23.7 Å². The molecule has 1 aromatic rings. The number of aliphatic carboxylic acids is 1. The van der Waals surface area contributed by atoms with E-state index in [9.17, 15) is 9.59 Å². The van der Waals surface area contributed by atoms with E-state index in [0.717, 1.165) is 5.56 Å². The number of carbonyl (C=O) groups excluding carboxylic acids is 1. The summed E-state index contributed by atoms with van der Waals surface area (Å²) >= 11 is 5.81. The molecule has 0 bridgehead atoms.